The zero-order valence-corrected chi connectivity index (χ0v) is 12.4. The van der Waals surface area contributed by atoms with Gasteiger partial charge in [0.1, 0.15) is 0 Å². The van der Waals surface area contributed by atoms with E-state index in [-0.39, 0.29) is 5.91 Å². The lowest BCUT2D eigenvalue weighted by Crippen LogP contribution is -2.25. The summed E-state index contributed by atoms with van der Waals surface area (Å²) in [5.41, 5.74) is 2.36. The molecule has 1 amide bonds. The van der Waals surface area contributed by atoms with Gasteiger partial charge in [0.15, 0.2) is 5.69 Å². The SMILES string of the molecule is CCOCCCNC(=O)c1cn(-c2ccc(C)cc2)nn1. The molecule has 6 heteroatoms. The van der Waals surface area contributed by atoms with Gasteiger partial charge < -0.3 is 10.1 Å². The molecule has 21 heavy (non-hydrogen) atoms. The average Bonchev–Trinajstić information content (AvgIpc) is 2.97. The second-order valence-corrected chi connectivity index (χ2v) is 4.69. The van der Waals surface area contributed by atoms with E-state index >= 15 is 0 Å². The number of carbonyl (C=O) groups excluding carboxylic acids is 1. The summed E-state index contributed by atoms with van der Waals surface area (Å²) >= 11 is 0. The summed E-state index contributed by atoms with van der Waals surface area (Å²) in [6.45, 7) is 5.87. The van der Waals surface area contributed by atoms with E-state index < -0.39 is 0 Å². The molecule has 1 aromatic heterocycles. The van der Waals surface area contributed by atoms with Gasteiger partial charge in [-0.15, -0.1) is 5.10 Å². The molecule has 0 aliphatic carbocycles. The van der Waals surface area contributed by atoms with Crippen LogP contribution in [-0.4, -0.2) is 40.7 Å². The van der Waals surface area contributed by atoms with Crippen LogP contribution in [-0.2, 0) is 4.74 Å². The van der Waals surface area contributed by atoms with Gasteiger partial charge in [0, 0.05) is 19.8 Å². The molecule has 1 heterocycles. The first-order chi connectivity index (χ1) is 10.2. The van der Waals surface area contributed by atoms with E-state index in [1.165, 1.54) is 5.56 Å². The summed E-state index contributed by atoms with van der Waals surface area (Å²) in [5, 5.41) is 10.7. The van der Waals surface area contributed by atoms with E-state index in [9.17, 15) is 4.79 Å². The van der Waals surface area contributed by atoms with Crippen LogP contribution in [0.4, 0.5) is 0 Å². The predicted molar refractivity (Wildman–Crippen MR) is 79.5 cm³/mol. The molecule has 0 aliphatic heterocycles. The molecule has 1 aromatic carbocycles. The maximum atomic E-state index is 11.9. The van der Waals surface area contributed by atoms with E-state index in [0.717, 1.165) is 12.1 Å². The highest BCUT2D eigenvalue weighted by Gasteiger charge is 2.10. The Kier molecular flexibility index (Phi) is 5.45. The van der Waals surface area contributed by atoms with E-state index in [1.54, 1.807) is 10.9 Å². The van der Waals surface area contributed by atoms with Crippen LogP contribution in [0.2, 0.25) is 0 Å². The first-order valence-electron chi connectivity index (χ1n) is 7.06. The molecule has 0 aliphatic rings. The van der Waals surface area contributed by atoms with Gasteiger partial charge in [0.05, 0.1) is 11.9 Å². The third-order valence-corrected chi connectivity index (χ3v) is 2.98. The van der Waals surface area contributed by atoms with Crippen molar-refractivity contribution in [1.29, 1.82) is 0 Å². The molecular weight excluding hydrogens is 268 g/mol. The number of aryl methyl sites for hydroxylation is 1. The minimum Gasteiger partial charge on any atom is -0.382 e. The van der Waals surface area contributed by atoms with Crippen molar-refractivity contribution in [2.45, 2.75) is 20.3 Å². The summed E-state index contributed by atoms with van der Waals surface area (Å²) in [7, 11) is 0. The Labute approximate surface area is 124 Å². The van der Waals surface area contributed by atoms with Crippen molar-refractivity contribution in [3.63, 3.8) is 0 Å². The summed E-state index contributed by atoms with van der Waals surface area (Å²) in [4.78, 5) is 11.9. The van der Waals surface area contributed by atoms with E-state index in [0.29, 0.717) is 25.5 Å². The summed E-state index contributed by atoms with van der Waals surface area (Å²) in [6, 6.07) is 7.86. The van der Waals surface area contributed by atoms with Crippen molar-refractivity contribution < 1.29 is 9.53 Å². The number of amides is 1. The van der Waals surface area contributed by atoms with Gasteiger partial charge in [0.25, 0.3) is 5.91 Å². The standard InChI is InChI=1S/C15H20N4O2/c1-3-21-10-4-9-16-15(20)14-11-19(18-17-14)13-7-5-12(2)6-8-13/h5-8,11H,3-4,9-10H2,1-2H3,(H,16,20). The fourth-order valence-corrected chi connectivity index (χ4v) is 1.80. The maximum absolute atomic E-state index is 11.9. The van der Waals surface area contributed by atoms with Crippen LogP contribution in [0.25, 0.3) is 5.69 Å². The van der Waals surface area contributed by atoms with Crippen molar-refractivity contribution in [2.24, 2.45) is 0 Å². The van der Waals surface area contributed by atoms with Gasteiger partial charge in [-0.25, -0.2) is 4.68 Å². The number of nitrogens with zero attached hydrogens (tertiary/aromatic N) is 3. The molecule has 0 fully saturated rings. The summed E-state index contributed by atoms with van der Waals surface area (Å²) < 4.78 is 6.80. The first-order valence-corrected chi connectivity index (χ1v) is 7.06. The molecule has 0 saturated heterocycles. The van der Waals surface area contributed by atoms with Crippen molar-refractivity contribution in [3.8, 4) is 5.69 Å². The second-order valence-electron chi connectivity index (χ2n) is 4.69. The number of hydrogen-bond acceptors (Lipinski definition) is 4. The topological polar surface area (TPSA) is 69.0 Å². The number of ether oxygens (including phenoxy) is 1. The van der Waals surface area contributed by atoms with Crippen LogP contribution >= 0.6 is 0 Å². The minimum absolute atomic E-state index is 0.218. The molecule has 6 nitrogen and oxygen atoms in total. The van der Waals surface area contributed by atoms with E-state index in [4.69, 9.17) is 4.74 Å². The zero-order valence-electron chi connectivity index (χ0n) is 12.4. The third-order valence-electron chi connectivity index (χ3n) is 2.98. The van der Waals surface area contributed by atoms with Crippen molar-refractivity contribution in [1.82, 2.24) is 20.3 Å². The van der Waals surface area contributed by atoms with Gasteiger partial charge in [-0.3, -0.25) is 4.79 Å². The van der Waals surface area contributed by atoms with Crippen molar-refractivity contribution in [2.75, 3.05) is 19.8 Å². The molecule has 0 radical (unpaired) electrons. The summed E-state index contributed by atoms with van der Waals surface area (Å²) in [6.07, 6.45) is 2.41. The quantitative estimate of drug-likeness (QED) is 0.788. The van der Waals surface area contributed by atoms with Crippen LogP contribution in [0.1, 0.15) is 29.4 Å². The van der Waals surface area contributed by atoms with Gasteiger partial charge in [-0.05, 0) is 32.4 Å². The fourth-order valence-electron chi connectivity index (χ4n) is 1.80. The number of benzene rings is 1. The second kappa shape index (κ2) is 7.54. The largest absolute Gasteiger partial charge is 0.382 e. The lowest BCUT2D eigenvalue weighted by Gasteiger charge is -2.03. The maximum Gasteiger partial charge on any atom is 0.273 e. The Balaban J connectivity index is 1.90. The zero-order chi connectivity index (χ0) is 15.1. The van der Waals surface area contributed by atoms with Gasteiger partial charge in [0.2, 0.25) is 0 Å². The molecule has 0 bridgehead atoms. The molecule has 112 valence electrons. The molecular formula is C15H20N4O2. The molecule has 0 saturated carbocycles. The average molecular weight is 288 g/mol. The highest BCUT2D eigenvalue weighted by molar-refractivity contribution is 5.91. The normalized spacial score (nSPS) is 10.6. The van der Waals surface area contributed by atoms with Crippen LogP contribution in [0.3, 0.4) is 0 Å². The smallest absolute Gasteiger partial charge is 0.273 e. The molecule has 0 spiro atoms. The van der Waals surface area contributed by atoms with Crippen LogP contribution in [0.5, 0.6) is 0 Å². The molecule has 2 rings (SSSR count). The molecule has 0 atom stereocenters. The third kappa shape index (κ3) is 4.39. The van der Waals surface area contributed by atoms with Crippen LogP contribution < -0.4 is 5.32 Å². The Bertz CT molecular complexity index is 578. The van der Waals surface area contributed by atoms with Crippen LogP contribution in [0, 0.1) is 6.92 Å². The molecule has 0 unspecified atom stereocenters. The highest BCUT2D eigenvalue weighted by Crippen LogP contribution is 2.08. The van der Waals surface area contributed by atoms with Crippen molar-refractivity contribution >= 4 is 5.91 Å². The van der Waals surface area contributed by atoms with Gasteiger partial charge in [-0.1, -0.05) is 22.9 Å². The molecule has 1 N–H and O–H groups in total. The van der Waals surface area contributed by atoms with Gasteiger partial charge >= 0.3 is 0 Å². The first kappa shape index (κ1) is 15.2. The van der Waals surface area contributed by atoms with E-state index in [2.05, 4.69) is 15.6 Å². The Morgan fingerprint density at radius 1 is 1.33 bits per heavy atom. The Morgan fingerprint density at radius 3 is 2.81 bits per heavy atom. The van der Waals surface area contributed by atoms with Crippen LogP contribution in [0.15, 0.2) is 30.5 Å². The minimum atomic E-state index is -0.218. The number of rotatable bonds is 7. The predicted octanol–water partition coefficient (Wildman–Crippen LogP) is 1.73. The van der Waals surface area contributed by atoms with Crippen molar-refractivity contribution in [3.05, 3.63) is 41.7 Å². The summed E-state index contributed by atoms with van der Waals surface area (Å²) in [5.74, 6) is -0.218. The highest BCUT2D eigenvalue weighted by atomic mass is 16.5. The Morgan fingerprint density at radius 2 is 2.10 bits per heavy atom. The number of hydrogen-bond donors (Lipinski definition) is 1. The lowest BCUT2D eigenvalue weighted by atomic mass is 10.2. The molecule has 2 aromatic rings. The number of nitrogens with one attached hydrogen (secondary N) is 1. The lowest BCUT2D eigenvalue weighted by molar-refractivity contribution is 0.0939. The number of aromatic nitrogens is 3. The van der Waals surface area contributed by atoms with Gasteiger partial charge in [-0.2, -0.15) is 0 Å². The fraction of sp³-hybridized carbons (Fsp3) is 0.400. The number of carbonyl (C=O) groups is 1. The van der Waals surface area contributed by atoms with E-state index in [1.807, 2.05) is 38.1 Å². The Hall–Kier alpha value is -2.21. The monoisotopic (exact) mass is 288 g/mol.